The second-order valence-electron chi connectivity index (χ2n) is 7.39. The van der Waals surface area contributed by atoms with Crippen molar-refractivity contribution in [2.75, 3.05) is 27.2 Å². The first-order chi connectivity index (χ1) is 13.0. The number of nitrogens with one attached hydrogen (secondary N) is 1. The highest BCUT2D eigenvalue weighted by atomic mass is 16.2. The van der Waals surface area contributed by atoms with Crippen LogP contribution in [-0.4, -0.2) is 62.4 Å². The molecule has 0 atom stereocenters. The highest BCUT2D eigenvalue weighted by Gasteiger charge is 2.20. The minimum Gasteiger partial charge on any atom is -0.347 e. The van der Waals surface area contributed by atoms with Crippen molar-refractivity contribution in [3.05, 3.63) is 48.3 Å². The van der Waals surface area contributed by atoms with E-state index in [1.54, 1.807) is 12.5 Å². The summed E-state index contributed by atoms with van der Waals surface area (Å²) in [6.07, 6.45) is 3.41. The number of fused-ring (bicyclic) bond motifs is 1. The molecule has 7 heteroatoms. The smallest absolute Gasteiger partial charge is 0.242 e. The van der Waals surface area contributed by atoms with Crippen LogP contribution in [0.4, 0.5) is 0 Å². The second-order valence-corrected chi connectivity index (χ2v) is 7.39. The molecule has 1 aromatic carbocycles. The Morgan fingerprint density at radius 1 is 1.22 bits per heavy atom. The van der Waals surface area contributed by atoms with Crippen LogP contribution < -0.4 is 0 Å². The Morgan fingerprint density at radius 3 is 2.67 bits per heavy atom. The number of benzene rings is 1. The fourth-order valence-corrected chi connectivity index (χ4v) is 3.13. The van der Waals surface area contributed by atoms with Crippen molar-refractivity contribution < 1.29 is 4.79 Å². The van der Waals surface area contributed by atoms with Crippen molar-refractivity contribution in [1.29, 1.82) is 0 Å². The van der Waals surface area contributed by atoms with Gasteiger partial charge in [-0.2, -0.15) is 0 Å². The number of H-pyrrole nitrogens is 1. The summed E-state index contributed by atoms with van der Waals surface area (Å²) in [6, 6.07) is 7.99. The number of amides is 1. The van der Waals surface area contributed by atoms with Gasteiger partial charge in [0.15, 0.2) is 0 Å². The van der Waals surface area contributed by atoms with E-state index in [-0.39, 0.29) is 18.4 Å². The van der Waals surface area contributed by atoms with Gasteiger partial charge in [0.1, 0.15) is 12.4 Å². The van der Waals surface area contributed by atoms with E-state index < -0.39 is 0 Å². The molecule has 0 saturated carbocycles. The number of nitrogens with zero attached hydrogens (tertiary/aromatic N) is 5. The summed E-state index contributed by atoms with van der Waals surface area (Å²) in [6.45, 7) is 6.50. The molecule has 1 amide bonds. The third-order valence-corrected chi connectivity index (χ3v) is 4.58. The number of aromatic amines is 1. The summed E-state index contributed by atoms with van der Waals surface area (Å²) in [4.78, 5) is 29.1. The number of imidazole rings is 2. The SMILES string of the molecule is CC(C)c1nc2ccccc2n1CC(=O)N(CCN(C)C)Cc1cnc[nH]1. The predicted molar refractivity (Wildman–Crippen MR) is 106 cm³/mol. The van der Waals surface area contributed by atoms with Gasteiger partial charge < -0.3 is 19.4 Å². The maximum Gasteiger partial charge on any atom is 0.242 e. The number of hydrogen-bond donors (Lipinski definition) is 1. The van der Waals surface area contributed by atoms with Gasteiger partial charge in [-0.05, 0) is 26.2 Å². The first kappa shape index (κ1) is 19.1. The maximum atomic E-state index is 13.2. The maximum absolute atomic E-state index is 13.2. The van der Waals surface area contributed by atoms with E-state index in [0.29, 0.717) is 13.1 Å². The molecule has 0 saturated heterocycles. The van der Waals surface area contributed by atoms with Crippen molar-refractivity contribution in [2.45, 2.75) is 32.9 Å². The molecule has 7 nitrogen and oxygen atoms in total. The Hall–Kier alpha value is -2.67. The Kier molecular flexibility index (Phi) is 5.91. The molecule has 2 aromatic heterocycles. The average molecular weight is 368 g/mol. The van der Waals surface area contributed by atoms with Crippen LogP contribution in [0, 0.1) is 0 Å². The lowest BCUT2D eigenvalue weighted by atomic mass is 10.2. The molecule has 0 aliphatic rings. The van der Waals surface area contributed by atoms with Crippen LogP contribution in [0.5, 0.6) is 0 Å². The van der Waals surface area contributed by atoms with Crippen molar-refractivity contribution in [1.82, 2.24) is 29.3 Å². The van der Waals surface area contributed by atoms with Gasteiger partial charge in [0.25, 0.3) is 0 Å². The molecule has 0 radical (unpaired) electrons. The van der Waals surface area contributed by atoms with Crippen LogP contribution in [-0.2, 0) is 17.9 Å². The highest BCUT2D eigenvalue weighted by Crippen LogP contribution is 2.22. The summed E-state index contributed by atoms with van der Waals surface area (Å²) < 4.78 is 2.05. The fourth-order valence-electron chi connectivity index (χ4n) is 3.13. The van der Waals surface area contributed by atoms with Crippen molar-refractivity contribution in [2.24, 2.45) is 0 Å². The molecule has 144 valence electrons. The zero-order chi connectivity index (χ0) is 19.4. The van der Waals surface area contributed by atoms with Gasteiger partial charge in [0.2, 0.25) is 5.91 Å². The van der Waals surface area contributed by atoms with Crippen LogP contribution in [0.15, 0.2) is 36.8 Å². The van der Waals surface area contributed by atoms with Gasteiger partial charge in [-0.1, -0.05) is 26.0 Å². The summed E-state index contributed by atoms with van der Waals surface area (Å²) in [7, 11) is 4.03. The molecule has 27 heavy (non-hydrogen) atoms. The Morgan fingerprint density at radius 2 is 2.00 bits per heavy atom. The zero-order valence-corrected chi connectivity index (χ0v) is 16.5. The normalized spacial score (nSPS) is 11.6. The van der Waals surface area contributed by atoms with Crippen molar-refractivity contribution >= 4 is 16.9 Å². The number of carbonyl (C=O) groups excluding carboxylic acids is 1. The number of rotatable bonds is 8. The molecule has 2 heterocycles. The minimum absolute atomic E-state index is 0.0801. The lowest BCUT2D eigenvalue weighted by Gasteiger charge is -2.25. The first-order valence-electron chi connectivity index (χ1n) is 9.30. The molecule has 0 aliphatic carbocycles. The molecule has 3 rings (SSSR count). The molecule has 0 unspecified atom stereocenters. The van der Waals surface area contributed by atoms with E-state index in [9.17, 15) is 4.79 Å². The highest BCUT2D eigenvalue weighted by molar-refractivity contribution is 5.81. The summed E-state index contributed by atoms with van der Waals surface area (Å²) in [5, 5.41) is 0. The monoisotopic (exact) mass is 368 g/mol. The van der Waals surface area contributed by atoms with Crippen molar-refractivity contribution in [3.63, 3.8) is 0 Å². The van der Waals surface area contributed by atoms with Crippen LogP contribution in [0.1, 0.15) is 31.3 Å². The second kappa shape index (κ2) is 8.35. The Balaban J connectivity index is 1.86. The predicted octanol–water partition coefficient (Wildman–Crippen LogP) is 2.47. The summed E-state index contributed by atoms with van der Waals surface area (Å²) in [5.74, 6) is 1.27. The van der Waals surface area contributed by atoms with Gasteiger partial charge in [0.05, 0.1) is 29.6 Å². The topological polar surface area (TPSA) is 70.1 Å². The molecule has 3 aromatic rings. The van der Waals surface area contributed by atoms with Gasteiger partial charge in [-0.3, -0.25) is 4.79 Å². The zero-order valence-electron chi connectivity index (χ0n) is 16.5. The van der Waals surface area contributed by atoms with E-state index >= 15 is 0 Å². The van der Waals surface area contributed by atoms with E-state index in [2.05, 4.69) is 33.3 Å². The van der Waals surface area contributed by atoms with Gasteiger partial charge in [-0.15, -0.1) is 0 Å². The van der Waals surface area contributed by atoms with Gasteiger partial charge in [-0.25, -0.2) is 9.97 Å². The number of hydrogen-bond acceptors (Lipinski definition) is 4. The summed E-state index contributed by atoms with van der Waals surface area (Å²) in [5.41, 5.74) is 2.87. The van der Waals surface area contributed by atoms with Gasteiger partial charge >= 0.3 is 0 Å². The molecule has 0 spiro atoms. The van der Waals surface area contributed by atoms with Crippen molar-refractivity contribution in [3.8, 4) is 0 Å². The van der Waals surface area contributed by atoms with Crippen LogP contribution in [0.2, 0.25) is 0 Å². The van der Waals surface area contributed by atoms with Gasteiger partial charge in [0, 0.05) is 25.2 Å². The van der Waals surface area contributed by atoms with Crippen LogP contribution in [0.25, 0.3) is 11.0 Å². The Bertz CT molecular complexity index is 881. The van der Waals surface area contributed by atoms with E-state index in [1.165, 1.54) is 0 Å². The van der Waals surface area contributed by atoms with Crippen LogP contribution >= 0.6 is 0 Å². The largest absolute Gasteiger partial charge is 0.347 e. The minimum atomic E-state index is 0.0801. The third-order valence-electron chi connectivity index (χ3n) is 4.58. The van der Waals surface area contributed by atoms with E-state index in [0.717, 1.165) is 29.1 Å². The third kappa shape index (κ3) is 4.54. The first-order valence-corrected chi connectivity index (χ1v) is 9.30. The number of likely N-dealkylation sites (N-methyl/N-ethyl adjacent to an activating group) is 1. The summed E-state index contributed by atoms with van der Waals surface area (Å²) >= 11 is 0. The molecule has 0 aliphatic heterocycles. The standard InChI is InChI=1S/C20H28N6O/c1-15(2)20-23-17-7-5-6-8-18(17)26(20)13-19(27)25(10-9-24(3)4)12-16-11-21-14-22-16/h5-8,11,14-15H,9-10,12-13H2,1-4H3,(H,21,22). The average Bonchev–Trinajstić information content (AvgIpc) is 3.26. The molecule has 1 N–H and O–H groups in total. The molecule has 0 bridgehead atoms. The quantitative estimate of drug-likeness (QED) is 0.663. The fraction of sp³-hybridized carbons (Fsp3) is 0.450. The lowest BCUT2D eigenvalue weighted by Crippen LogP contribution is -2.38. The lowest BCUT2D eigenvalue weighted by molar-refractivity contribution is -0.132. The molecular weight excluding hydrogens is 340 g/mol. The number of para-hydroxylation sites is 2. The Labute approximate surface area is 160 Å². The number of aromatic nitrogens is 4. The van der Waals surface area contributed by atoms with E-state index in [4.69, 9.17) is 4.98 Å². The van der Waals surface area contributed by atoms with E-state index in [1.807, 2.05) is 43.3 Å². The molecule has 0 fully saturated rings. The van der Waals surface area contributed by atoms with Crippen LogP contribution in [0.3, 0.4) is 0 Å². The molecular formula is C20H28N6O. The number of carbonyl (C=O) groups is 1.